The highest BCUT2D eigenvalue weighted by Crippen LogP contribution is 2.11. The molecular weight excluding hydrogens is 208 g/mol. The second-order valence-electron chi connectivity index (χ2n) is 4.41. The minimum absolute atomic E-state index is 0.806. The standard InChI is InChI=1S/C10H24O2Si2/c1-7-11-13(3,4)9-10-14(5,6)12-8-2/h9-10H,7-8H2,1-6H3. The van der Waals surface area contributed by atoms with E-state index in [1.54, 1.807) is 0 Å². The number of rotatable bonds is 6. The number of hydrogen-bond donors (Lipinski definition) is 0. The first-order chi connectivity index (χ1) is 6.33. The fourth-order valence-electron chi connectivity index (χ4n) is 1.24. The van der Waals surface area contributed by atoms with E-state index in [0.29, 0.717) is 0 Å². The van der Waals surface area contributed by atoms with Gasteiger partial charge in [-0.3, -0.25) is 0 Å². The van der Waals surface area contributed by atoms with E-state index < -0.39 is 16.6 Å². The molecule has 0 aliphatic rings. The van der Waals surface area contributed by atoms with Crippen LogP contribution in [0, 0.1) is 0 Å². The fourth-order valence-corrected chi connectivity index (χ4v) is 6.13. The first-order valence-electron chi connectivity index (χ1n) is 5.31. The molecule has 0 aliphatic heterocycles. The van der Waals surface area contributed by atoms with E-state index in [9.17, 15) is 0 Å². The van der Waals surface area contributed by atoms with Crippen LogP contribution in [0.3, 0.4) is 0 Å². The van der Waals surface area contributed by atoms with Crippen LogP contribution in [0.25, 0.3) is 0 Å². The Hall–Kier alpha value is 0.0938. The van der Waals surface area contributed by atoms with Gasteiger partial charge in [0.25, 0.3) is 0 Å². The lowest BCUT2D eigenvalue weighted by atomic mass is 10.9. The molecule has 0 amide bonds. The van der Waals surface area contributed by atoms with Crippen LogP contribution in [0.5, 0.6) is 0 Å². The van der Waals surface area contributed by atoms with Crippen molar-refractivity contribution in [3.05, 3.63) is 11.4 Å². The molecule has 0 aromatic carbocycles. The van der Waals surface area contributed by atoms with Gasteiger partial charge in [-0.2, -0.15) is 0 Å². The van der Waals surface area contributed by atoms with Gasteiger partial charge >= 0.3 is 0 Å². The lowest BCUT2D eigenvalue weighted by molar-refractivity contribution is 0.335. The smallest absolute Gasteiger partial charge is 0.210 e. The van der Waals surface area contributed by atoms with Crippen LogP contribution in [-0.2, 0) is 8.85 Å². The molecule has 0 rings (SSSR count). The molecule has 0 spiro atoms. The van der Waals surface area contributed by atoms with Crippen LogP contribution in [0.15, 0.2) is 11.4 Å². The summed E-state index contributed by atoms with van der Waals surface area (Å²) in [7, 11) is -3.14. The summed E-state index contributed by atoms with van der Waals surface area (Å²) in [4.78, 5) is 0. The molecule has 0 aliphatic carbocycles. The van der Waals surface area contributed by atoms with Gasteiger partial charge in [0.1, 0.15) is 0 Å². The molecule has 0 radical (unpaired) electrons. The molecule has 0 N–H and O–H groups in total. The lowest BCUT2D eigenvalue weighted by Gasteiger charge is -2.21. The zero-order chi connectivity index (χ0) is 11.2. The average molecular weight is 232 g/mol. The Balaban J connectivity index is 4.26. The fraction of sp³-hybridized carbons (Fsp3) is 0.800. The van der Waals surface area contributed by atoms with Crippen LogP contribution in [0.4, 0.5) is 0 Å². The van der Waals surface area contributed by atoms with Crippen LogP contribution >= 0.6 is 0 Å². The van der Waals surface area contributed by atoms with Crippen LogP contribution in [0.1, 0.15) is 13.8 Å². The largest absolute Gasteiger partial charge is 0.414 e. The molecule has 0 heterocycles. The summed E-state index contributed by atoms with van der Waals surface area (Å²) in [5.74, 6) is 0. The molecule has 0 unspecified atom stereocenters. The van der Waals surface area contributed by atoms with Crippen LogP contribution in [-0.4, -0.2) is 29.8 Å². The van der Waals surface area contributed by atoms with Crippen molar-refractivity contribution in [3.8, 4) is 0 Å². The van der Waals surface area contributed by atoms with Gasteiger partial charge < -0.3 is 8.85 Å². The van der Waals surface area contributed by atoms with Crippen molar-refractivity contribution in [3.63, 3.8) is 0 Å². The van der Waals surface area contributed by atoms with Crippen LogP contribution < -0.4 is 0 Å². The monoisotopic (exact) mass is 232 g/mol. The molecule has 4 heteroatoms. The molecule has 0 atom stereocenters. The van der Waals surface area contributed by atoms with Gasteiger partial charge in [-0.15, -0.1) is 0 Å². The van der Waals surface area contributed by atoms with Crippen molar-refractivity contribution >= 4 is 16.6 Å². The first kappa shape index (κ1) is 14.1. The molecule has 0 saturated heterocycles. The van der Waals surface area contributed by atoms with E-state index in [0.717, 1.165) is 13.2 Å². The molecule has 0 aromatic rings. The van der Waals surface area contributed by atoms with Crippen molar-refractivity contribution in [2.45, 2.75) is 40.0 Å². The molecule has 0 saturated carbocycles. The van der Waals surface area contributed by atoms with Crippen molar-refractivity contribution in [2.75, 3.05) is 13.2 Å². The third-order valence-corrected chi connectivity index (χ3v) is 6.26. The Morgan fingerprint density at radius 2 is 1.07 bits per heavy atom. The Bertz CT molecular complexity index is 169. The van der Waals surface area contributed by atoms with Gasteiger partial charge in [0, 0.05) is 13.2 Å². The van der Waals surface area contributed by atoms with E-state index in [1.165, 1.54) is 0 Å². The zero-order valence-corrected chi connectivity index (χ0v) is 12.4. The summed E-state index contributed by atoms with van der Waals surface area (Å²) >= 11 is 0. The lowest BCUT2D eigenvalue weighted by Crippen LogP contribution is -2.33. The molecule has 84 valence electrons. The Kier molecular flexibility index (Phi) is 5.89. The summed E-state index contributed by atoms with van der Waals surface area (Å²) in [6.45, 7) is 14.6. The molecular formula is C10H24O2Si2. The quantitative estimate of drug-likeness (QED) is 0.655. The van der Waals surface area contributed by atoms with Gasteiger partial charge in [0.15, 0.2) is 0 Å². The van der Waals surface area contributed by atoms with Crippen LogP contribution in [0.2, 0.25) is 26.2 Å². The predicted molar refractivity (Wildman–Crippen MR) is 67.4 cm³/mol. The SMILES string of the molecule is CCO[Si](C)(C)C=C[Si](C)(C)OCC. The van der Waals surface area contributed by atoms with Gasteiger partial charge in [-0.25, -0.2) is 0 Å². The summed E-state index contributed by atoms with van der Waals surface area (Å²) < 4.78 is 11.4. The summed E-state index contributed by atoms with van der Waals surface area (Å²) in [5.41, 5.74) is 4.52. The van der Waals surface area contributed by atoms with E-state index >= 15 is 0 Å². The third-order valence-electron chi connectivity index (χ3n) is 1.92. The summed E-state index contributed by atoms with van der Waals surface area (Å²) in [5, 5.41) is 0. The highest BCUT2D eigenvalue weighted by atomic mass is 28.4. The minimum Gasteiger partial charge on any atom is -0.414 e. The molecule has 0 aromatic heterocycles. The maximum Gasteiger partial charge on any atom is 0.210 e. The topological polar surface area (TPSA) is 18.5 Å². The Morgan fingerprint density at radius 3 is 1.29 bits per heavy atom. The van der Waals surface area contributed by atoms with Gasteiger partial charge in [-0.05, 0) is 40.0 Å². The first-order valence-corrected chi connectivity index (χ1v) is 11.3. The molecule has 2 nitrogen and oxygen atoms in total. The van der Waals surface area contributed by atoms with Crippen molar-refractivity contribution in [1.82, 2.24) is 0 Å². The van der Waals surface area contributed by atoms with E-state index in [-0.39, 0.29) is 0 Å². The van der Waals surface area contributed by atoms with Gasteiger partial charge in [0.2, 0.25) is 16.6 Å². The zero-order valence-electron chi connectivity index (χ0n) is 10.4. The second-order valence-corrected chi connectivity index (χ2v) is 12.1. The Labute approximate surface area is 90.6 Å². The highest BCUT2D eigenvalue weighted by molar-refractivity contribution is 6.81. The maximum absolute atomic E-state index is 5.72. The predicted octanol–water partition coefficient (Wildman–Crippen LogP) is 3.10. The van der Waals surface area contributed by atoms with Crippen molar-refractivity contribution in [1.29, 1.82) is 0 Å². The van der Waals surface area contributed by atoms with E-state index in [2.05, 4.69) is 37.6 Å². The Morgan fingerprint density at radius 1 is 0.786 bits per heavy atom. The van der Waals surface area contributed by atoms with Crippen molar-refractivity contribution in [2.24, 2.45) is 0 Å². The van der Waals surface area contributed by atoms with E-state index in [1.807, 2.05) is 13.8 Å². The second kappa shape index (κ2) is 5.85. The van der Waals surface area contributed by atoms with Gasteiger partial charge in [0.05, 0.1) is 0 Å². The highest BCUT2D eigenvalue weighted by Gasteiger charge is 2.22. The maximum atomic E-state index is 5.72. The average Bonchev–Trinajstić information content (AvgIpc) is 2.01. The molecule has 14 heavy (non-hydrogen) atoms. The van der Waals surface area contributed by atoms with E-state index in [4.69, 9.17) is 8.85 Å². The number of hydrogen-bond acceptors (Lipinski definition) is 2. The minimum atomic E-state index is -1.57. The summed E-state index contributed by atoms with van der Waals surface area (Å²) in [6.07, 6.45) is 0. The summed E-state index contributed by atoms with van der Waals surface area (Å²) in [6, 6.07) is 0. The molecule has 0 bridgehead atoms. The normalized spacial score (nSPS) is 13.9. The molecule has 0 fully saturated rings. The van der Waals surface area contributed by atoms with Crippen molar-refractivity contribution < 1.29 is 8.85 Å². The van der Waals surface area contributed by atoms with Gasteiger partial charge in [-0.1, -0.05) is 11.4 Å². The third kappa shape index (κ3) is 6.53.